The first-order valence-corrected chi connectivity index (χ1v) is 8.80. The third-order valence-corrected chi connectivity index (χ3v) is 4.75. The third-order valence-electron chi connectivity index (χ3n) is 4.01. The van der Waals surface area contributed by atoms with E-state index in [4.69, 9.17) is 0 Å². The van der Waals surface area contributed by atoms with Crippen LogP contribution in [0, 0.1) is 0 Å². The highest BCUT2D eigenvalue weighted by Crippen LogP contribution is 2.25. The molecule has 1 N–H and O–H groups in total. The Hall–Kier alpha value is -1.61. The lowest BCUT2D eigenvalue weighted by molar-refractivity contribution is 0.949. The highest BCUT2D eigenvalue weighted by atomic mass is 32.2. The van der Waals surface area contributed by atoms with Crippen molar-refractivity contribution in [2.75, 3.05) is 29.6 Å². The molecule has 1 aliphatic heterocycles. The summed E-state index contributed by atoms with van der Waals surface area (Å²) in [5.41, 5.74) is 3.96. The zero-order valence-corrected chi connectivity index (χ0v) is 13.3. The van der Waals surface area contributed by atoms with E-state index >= 15 is 0 Å². The highest BCUT2D eigenvalue weighted by molar-refractivity contribution is 7.98. The fourth-order valence-corrected chi connectivity index (χ4v) is 3.24. The summed E-state index contributed by atoms with van der Waals surface area (Å²) < 4.78 is 0. The molecule has 0 aliphatic carbocycles. The number of hydrogen-bond donors (Lipinski definition) is 1. The van der Waals surface area contributed by atoms with Gasteiger partial charge < -0.3 is 10.2 Å². The van der Waals surface area contributed by atoms with E-state index in [9.17, 15) is 0 Å². The molecule has 0 spiro atoms. The van der Waals surface area contributed by atoms with E-state index in [0.29, 0.717) is 0 Å². The molecule has 3 rings (SSSR count). The first-order chi connectivity index (χ1) is 10.4. The van der Waals surface area contributed by atoms with E-state index in [1.165, 1.54) is 47.8 Å². The van der Waals surface area contributed by atoms with Gasteiger partial charge in [-0.25, -0.2) is 0 Å². The molecule has 1 aliphatic rings. The van der Waals surface area contributed by atoms with Crippen LogP contribution in [0.2, 0.25) is 0 Å². The van der Waals surface area contributed by atoms with E-state index in [1.54, 1.807) is 11.8 Å². The normalized spacial score (nSPS) is 14.4. The topological polar surface area (TPSA) is 15.3 Å². The Morgan fingerprint density at radius 2 is 1.71 bits per heavy atom. The second-order valence-corrected chi connectivity index (χ2v) is 6.28. The molecule has 2 aromatic rings. The van der Waals surface area contributed by atoms with Crippen molar-refractivity contribution in [3.8, 4) is 0 Å². The second kappa shape index (κ2) is 6.90. The van der Waals surface area contributed by atoms with Gasteiger partial charge in [0.15, 0.2) is 0 Å². The van der Waals surface area contributed by atoms with Gasteiger partial charge >= 0.3 is 0 Å². The summed E-state index contributed by atoms with van der Waals surface area (Å²) in [7, 11) is 0. The number of para-hydroxylation sites is 1. The molecule has 110 valence electrons. The van der Waals surface area contributed by atoms with Gasteiger partial charge in [0.2, 0.25) is 0 Å². The second-order valence-electron chi connectivity index (χ2n) is 5.40. The maximum atomic E-state index is 3.54. The average molecular weight is 298 g/mol. The number of hydrogen-bond acceptors (Lipinski definition) is 3. The van der Waals surface area contributed by atoms with Crippen LogP contribution in [0.15, 0.2) is 53.4 Å². The number of anilines is 2. The summed E-state index contributed by atoms with van der Waals surface area (Å²) in [6.07, 6.45) is 4.74. The molecule has 0 amide bonds. The van der Waals surface area contributed by atoms with Crippen molar-refractivity contribution in [1.29, 1.82) is 0 Å². The molecule has 0 bridgehead atoms. The van der Waals surface area contributed by atoms with E-state index < -0.39 is 0 Å². The summed E-state index contributed by atoms with van der Waals surface area (Å²) in [4.78, 5) is 3.81. The molecular weight excluding hydrogens is 276 g/mol. The molecule has 3 heteroatoms. The molecule has 0 atom stereocenters. The smallest absolute Gasteiger partial charge is 0.0421 e. The van der Waals surface area contributed by atoms with Crippen molar-refractivity contribution in [1.82, 2.24) is 0 Å². The van der Waals surface area contributed by atoms with Crippen LogP contribution < -0.4 is 10.2 Å². The van der Waals surface area contributed by atoms with E-state index in [2.05, 4.69) is 65.0 Å². The van der Waals surface area contributed by atoms with Crippen LogP contribution in [-0.4, -0.2) is 19.3 Å². The molecule has 1 fully saturated rings. The fraction of sp³-hybridized carbons (Fsp3) is 0.333. The van der Waals surface area contributed by atoms with Crippen molar-refractivity contribution in [3.63, 3.8) is 0 Å². The number of nitrogens with one attached hydrogen (secondary N) is 1. The Morgan fingerprint density at radius 3 is 2.43 bits per heavy atom. The number of benzene rings is 2. The minimum atomic E-state index is 0.880. The molecule has 1 saturated heterocycles. The standard InChI is InChI=1S/C18H22N2S/c1-21-17-10-8-16(9-11-17)19-14-15-6-2-3-7-18(15)20-12-4-5-13-20/h2-3,6-11,19H,4-5,12-14H2,1H3. The van der Waals surface area contributed by atoms with Gasteiger partial charge in [0.25, 0.3) is 0 Å². The van der Waals surface area contributed by atoms with Gasteiger partial charge in [-0.3, -0.25) is 0 Å². The van der Waals surface area contributed by atoms with Crippen LogP contribution in [0.3, 0.4) is 0 Å². The minimum Gasteiger partial charge on any atom is -0.381 e. The van der Waals surface area contributed by atoms with Crippen LogP contribution >= 0.6 is 11.8 Å². The predicted molar refractivity (Wildman–Crippen MR) is 93.4 cm³/mol. The Kier molecular flexibility index (Phi) is 4.71. The van der Waals surface area contributed by atoms with E-state index in [0.717, 1.165) is 6.54 Å². The SMILES string of the molecule is CSc1ccc(NCc2ccccc2N2CCCC2)cc1. The summed E-state index contributed by atoms with van der Waals surface area (Å²) >= 11 is 1.78. The number of thioether (sulfide) groups is 1. The van der Waals surface area contributed by atoms with Gasteiger partial charge in [-0.1, -0.05) is 18.2 Å². The fourth-order valence-electron chi connectivity index (χ4n) is 2.83. The van der Waals surface area contributed by atoms with Crippen LogP contribution in [-0.2, 0) is 6.54 Å². The van der Waals surface area contributed by atoms with Crippen molar-refractivity contribution in [2.45, 2.75) is 24.3 Å². The lowest BCUT2D eigenvalue weighted by Crippen LogP contribution is -2.19. The minimum absolute atomic E-state index is 0.880. The monoisotopic (exact) mass is 298 g/mol. The van der Waals surface area contributed by atoms with Gasteiger partial charge in [0, 0.05) is 35.9 Å². The highest BCUT2D eigenvalue weighted by Gasteiger charge is 2.14. The quantitative estimate of drug-likeness (QED) is 0.811. The summed E-state index contributed by atoms with van der Waals surface area (Å²) in [5.74, 6) is 0. The zero-order valence-electron chi connectivity index (χ0n) is 12.5. The lowest BCUT2D eigenvalue weighted by atomic mass is 10.1. The Balaban J connectivity index is 1.69. The molecule has 0 saturated carbocycles. The predicted octanol–water partition coefficient (Wildman–Crippen LogP) is 4.62. The summed E-state index contributed by atoms with van der Waals surface area (Å²) in [5, 5.41) is 3.54. The van der Waals surface area contributed by atoms with Gasteiger partial charge in [0.1, 0.15) is 0 Å². The lowest BCUT2D eigenvalue weighted by Gasteiger charge is -2.21. The molecule has 2 nitrogen and oxygen atoms in total. The van der Waals surface area contributed by atoms with Gasteiger partial charge in [-0.05, 0) is 55.0 Å². The molecule has 0 aromatic heterocycles. The van der Waals surface area contributed by atoms with Crippen molar-refractivity contribution < 1.29 is 0 Å². The first-order valence-electron chi connectivity index (χ1n) is 7.57. The number of nitrogens with zero attached hydrogens (tertiary/aromatic N) is 1. The van der Waals surface area contributed by atoms with E-state index in [-0.39, 0.29) is 0 Å². The van der Waals surface area contributed by atoms with Crippen molar-refractivity contribution in [2.24, 2.45) is 0 Å². The molecule has 1 heterocycles. The van der Waals surface area contributed by atoms with Crippen LogP contribution in [0.25, 0.3) is 0 Å². The number of rotatable bonds is 5. The Morgan fingerprint density at radius 1 is 1.00 bits per heavy atom. The Bertz CT molecular complexity index is 574. The summed E-state index contributed by atoms with van der Waals surface area (Å²) in [6.45, 7) is 3.27. The van der Waals surface area contributed by atoms with Gasteiger partial charge in [0.05, 0.1) is 0 Å². The van der Waals surface area contributed by atoms with Crippen molar-refractivity contribution >= 4 is 23.1 Å². The first kappa shape index (κ1) is 14.3. The van der Waals surface area contributed by atoms with Crippen LogP contribution in [0.5, 0.6) is 0 Å². The maximum Gasteiger partial charge on any atom is 0.0421 e. The van der Waals surface area contributed by atoms with Crippen LogP contribution in [0.4, 0.5) is 11.4 Å². The largest absolute Gasteiger partial charge is 0.381 e. The summed E-state index contributed by atoms with van der Waals surface area (Å²) in [6, 6.07) is 17.4. The van der Waals surface area contributed by atoms with E-state index in [1.807, 2.05) is 0 Å². The van der Waals surface area contributed by atoms with Gasteiger partial charge in [-0.15, -0.1) is 11.8 Å². The molecular formula is C18H22N2S. The molecule has 0 unspecified atom stereocenters. The Labute approximate surface area is 131 Å². The van der Waals surface area contributed by atoms with Gasteiger partial charge in [-0.2, -0.15) is 0 Å². The maximum absolute atomic E-state index is 3.54. The third kappa shape index (κ3) is 3.53. The molecule has 2 aromatic carbocycles. The van der Waals surface area contributed by atoms with Crippen LogP contribution in [0.1, 0.15) is 18.4 Å². The molecule has 0 radical (unpaired) electrons. The average Bonchev–Trinajstić information content (AvgIpc) is 3.08. The van der Waals surface area contributed by atoms with Crippen molar-refractivity contribution in [3.05, 3.63) is 54.1 Å². The molecule has 21 heavy (non-hydrogen) atoms. The zero-order chi connectivity index (χ0) is 14.5.